The Morgan fingerprint density at radius 3 is 3.00 bits per heavy atom. The molecule has 0 saturated carbocycles. The van der Waals surface area contributed by atoms with Crippen molar-refractivity contribution < 1.29 is 8.42 Å². The zero-order valence-electron chi connectivity index (χ0n) is 10.0. The summed E-state index contributed by atoms with van der Waals surface area (Å²) in [5.41, 5.74) is 0. The van der Waals surface area contributed by atoms with Gasteiger partial charge in [-0.1, -0.05) is 13.8 Å². The lowest BCUT2D eigenvalue weighted by Gasteiger charge is -2.29. The Morgan fingerprint density at radius 1 is 1.65 bits per heavy atom. The second-order valence-electron chi connectivity index (χ2n) is 4.09. The van der Waals surface area contributed by atoms with Crippen LogP contribution in [-0.2, 0) is 16.4 Å². The summed E-state index contributed by atoms with van der Waals surface area (Å²) in [6.07, 6.45) is 2.13. The molecule has 0 aliphatic carbocycles. The number of aryl methyl sites for hydroxylation is 1. The van der Waals surface area contributed by atoms with Gasteiger partial charge in [0.2, 0.25) is 0 Å². The molecule has 1 atom stereocenters. The molecule has 96 valence electrons. The van der Waals surface area contributed by atoms with Gasteiger partial charge in [0, 0.05) is 30.5 Å². The van der Waals surface area contributed by atoms with Crippen LogP contribution in [0.15, 0.2) is 11.2 Å². The van der Waals surface area contributed by atoms with E-state index < -0.39 is 10.0 Å². The Morgan fingerprint density at radius 2 is 2.41 bits per heavy atom. The molecule has 1 fully saturated rings. The van der Waals surface area contributed by atoms with Gasteiger partial charge in [-0.05, 0) is 0 Å². The number of thioether (sulfide) groups is 1. The third kappa shape index (κ3) is 2.66. The largest absolute Gasteiger partial charge is 0.332 e. The van der Waals surface area contributed by atoms with Crippen molar-refractivity contribution in [2.24, 2.45) is 0 Å². The average Bonchev–Trinajstić information content (AvgIpc) is 2.78. The topological polar surface area (TPSA) is 66.1 Å². The first-order valence-corrected chi connectivity index (χ1v) is 8.18. The van der Waals surface area contributed by atoms with Gasteiger partial charge >= 0.3 is 0 Å². The fourth-order valence-electron chi connectivity index (χ4n) is 1.80. The normalized spacial score (nSPS) is 22.8. The van der Waals surface area contributed by atoms with E-state index in [1.165, 1.54) is 6.20 Å². The standard InChI is InChI=1S/C10H17N3O2S2/c1-3-9-11-6-10(12-9)17(14,15)13-4-5-16-8(2)7-13/h6,8H,3-5,7H2,1-2H3,(H,11,12). The monoisotopic (exact) mass is 275 g/mol. The highest BCUT2D eigenvalue weighted by atomic mass is 32.2. The van der Waals surface area contributed by atoms with E-state index in [0.717, 1.165) is 5.75 Å². The number of nitrogens with one attached hydrogen (secondary N) is 1. The second-order valence-corrected chi connectivity index (χ2v) is 7.54. The summed E-state index contributed by atoms with van der Waals surface area (Å²) in [7, 11) is -3.38. The van der Waals surface area contributed by atoms with E-state index in [2.05, 4.69) is 16.9 Å². The van der Waals surface area contributed by atoms with Gasteiger partial charge in [-0.25, -0.2) is 13.4 Å². The Bertz CT molecular complexity index is 483. The first-order chi connectivity index (χ1) is 8.04. The molecule has 1 aliphatic rings. The maximum absolute atomic E-state index is 12.3. The minimum atomic E-state index is -3.38. The molecule has 0 aromatic carbocycles. The summed E-state index contributed by atoms with van der Waals surface area (Å²) < 4.78 is 26.2. The first kappa shape index (κ1) is 12.9. The maximum Gasteiger partial charge on any atom is 0.260 e. The van der Waals surface area contributed by atoms with Crippen LogP contribution in [0.1, 0.15) is 19.7 Å². The molecule has 1 aromatic rings. The van der Waals surface area contributed by atoms with E-state index in [9.17, 15) is 8.42 Å². The molecule has 0 radical (unpaired) electrons. The summed E-state index contributed by atoms with van der Waals surface area (Å²) in [4.78, 5) is 6.92. The summed E-state index contributed by atoms with van der Waals surface area (Å²) in [6.45, 7) is 5.15. The average molecular weight is 275 g/mol. The van der Waals surface area contributed by atoms with E-state index in [-0.39, 0.29) is 5.03 Å². The van der Waals surface area contributed by atoms with Crippen molar-refractivity contribution in [3.05, 3.63) is 12.0 Å². The van der Waals surface area contributed by atoms with Crippen molar-refractivity contribution >= 4 is 21.8 Å². The van der Waals surface area contributed by atoms with Gasteiger partial charge in [0.25, 0.3) is 10.0 Å². The minimum absolute atomic E-state index is 0.216. The van der Waals surface area contributed by atoms with Gasteiger partial charge < -0.3 is 4.98 Å². The van der Waals surface area contributed by atoms with Crippen LogP contribution in [0.5, 0.6) is 0 Å². The summed E-state index contributed by atoms with van der Waals surface area (Å²) in [5.74, 6) is 1.57. The molecule has 1 aliphatic heterocycles. The van der Waals surface area contributed by atoms with Gasteiger partial charge in [-0.15, -0.1) is 0 Å². The number of hydrogen-bond acceptors (Lipinski definition) is 4. The van der Waals surface area contributed by atoms with Crippen LogP contribution in [0.25, 0.3) is 0 Å². The highest BCUT2D eigenvalue weighted by molar-refractivity contribution is 8.00. The second kappa shape index (κ2) is 4.99. The third-order valence-electron chi connectivity index (χ3n) is 2.76. The Labute approximate surface area is 106 Å². The number of H-pyrrole nitrogens is 1. The molecule has 1 unspecified atom stereocenters. The van der Waals surface area contributed by atoms with Gasteiger partial charge in [0.05, 0.1) is 6.20 Å². The number of imidazole rings is 1. The smallest absolute Gasteiger partial charge is 0.260 e. The zero-order valence-corrected chi connectivity index (χ0v) is 11.6. The predicted molar refractivity (Wildman–Crippen MR) is 68.6 cm³/mol. The molecule has 7 heteroatoms. The van der Waals surface area contributed by atoms with E-state index in [4.69, 9.17) is 0 Å². The van der Waals surface area contributed by atoms with Crippen LogP contribution in [0, 0.1) is 0 Å². The van der Waals surface area contributed by atoms with Crippen LogP contribution in [0.3, 0.4) is 0 Å². The van der Waals surface area contributed by atoms with Crippen LogP contribution in [0.4, 0.5) is 0 Å². The van der Waals surface area contributed by atoms with Crippen molar-refractivity contribution in [3.63, 3.8) is 0 Å². The zero-order chi connectivity index (χ0) is 12.5. The van der Waals surface area contributed by atoms with E-state index in [0.29, 0.717) is 30.6 Å². The molecular weight excluding hydrogens is 258 g/mol. The lowest BCUT2D eigenvalue weighted by atomic mass is 10.4. The fourth-order valence-corrected chi connectivity index (χ4v) is 4.48. The molecule has 1 saturated heterocycles. The van der Waals surface area contributed by atoms with Crippen molar-refractivity contribution in [1.82, 2.24) is 14.3 Å². The molecule has 5 nitrogen and oxygen atoms in total. The van der Waals surface area contributed by atoms with Crippen molar-refractivity contribution in [2.75, 3.05) is 18.8 Å². The number of nitrogens with zero attached hydrogens (tertiary/aromatic N) is 2. The summed E-state index contributed by atoms with van der Waals surface area (Å²) in [6, 6.07) is 0. The molecule has 1 aromatic heterocycles. The Balaban J connectivity index is 2.23. The number of aromatic nitrogens is 2. The van der Waals surface area contributed by atoms with Crippen molar-refractivity contribution in [3.8, 4) is 0 Å². The summed E-state index contributed by atoms with van der Waals surface area (Å²) in [5, 5.41) is 0.570. The van der Waals surface area contributed by atoms with E-state index in [1.54, 1.807) is 4.31 Å². The fraction of sp³-hybridized carbons (Fsp3) is 0.700. The molecule has 17 heavy (non-hydrogen) atoms. The van der Waals surface area contributed by atoms with Gasteiger partial charge in [-0.3, -0.25) is 0 Å². The van der Waals surface area contributed by atoms with Crippen molar-refractivity contribution in [1.29, 1.82) is 0 Å². The minimum Gasteiger partial charge on any atom is -0.332 e. The lowest BCUT2D eigenvalue weighted by Crippen LogP contribution is -2.41. The highest BCUT2D eigenvalue weighted by Crippen LogP contribution is 2.23. The molecule has 2 rings (SSSR count). The Hall–Kier alpha value is -0.530. The molecule has 2 heterocycles. The highest BCUT2D eigenvalue weighted by Gasteiger charge is 2.30. The quantitative estimate of drug-likeness (QED) is 0.897. The number of aromatic amines is 1. The van der Waals surface area contributed by atoms with Crippen LogP contribution < -0.4 is 0 Å². The Kier molecular flexibility index (Phi) is 3.79. The number of sulfonamides is 1. The third-order valence-corrected chi connectivity index (χ3v) is 5.67. The molecule has 0 amide bonds. The van der Waals surface area contributed by atoms with Crippen LogP contribution in [-0.4, -0.2) is 46.8 Å². The maximum atomic E-state index is 12.3. The van der Waals surface area contributed by atoms with Gasteiger partial charge in [-0.2, -0.15) is 16.1 Å². The van der Waals surface area contributed by atoms with E-state index >= 15 is 0 Å². The van der Waals surface area contributed by atoms with Gasteiger partial charge in [0.15, 0.2) is 5.03 Å². The van der Waals surface area contributed by atoms with Crippen LogP contribution in [0.2, 0.25) is 0 Å². The van der Waals surface area contributed by atoms with Crippen molar-refractivity contribution in [2.45, 2.75) is 30.5 Å². The lowest BCUT2D eigenvalue weighted by molar-refractivity contribution is 0.422. The van der Waals surface area contributed by atoms with E-state index in [1.807, 2.05) is 18.7 Å². The molecule has 0 spiro atoms. The molecule has 1 N–H and O–H groups in total. The number of hydrogen-bond donors (Lipinski definition) is 1. The van der Waals surface area contributed by atoms with Gasteiger partial charge in [0.1, 0.15) is 5.82 Å². The predicted octanol–water partition coefficient (Wildman–Crippen LogP) is 1.10. The SMILES string of the molecule is CCc1ncc(S(=O)(=O)N2CCSC(C)C2)[nH]1. The number of rotatable bonds is 3. The molecular formula is C10H17N3O2S2. The summed E-state index contributed by atoms with van der Waals surface area (Å²) >= 11 is 1.81. The molecule has 0 bridgehead atoms. The first-order valence-electron chi connectivity index (χ1n) is 5.69. The van der Waals surface area contributed by atoms with Crippen LogP contribution >= 0.6 is 11.8 Å².